The first-order chi connectivity index (χ1) is 10.5. The van der Waals surface area contributed by atoms with Gasteiger partial charge in [-0.15, -0.1) is 0 Å². The molecule has 1 unspecified atom stereocenters. The van der Waals surface area contributed by atoms with Crippen LogP contribution in [-0.2, 0) is 21.0 Å². The fourth-order valence-electron chi connectivity index (χ4n) is 1.90. The number of carbonyl (C=O) groups excluding carboxylic acids is 1. The zero-order valence-corrected chi connectivity index (χ0v) is 13.7. The number of rotatable bonds is 6. The van der Waals surface area contributed by atoms with Gasteiger partial charge in [-0.05, 0) is 26.3 Å². The number of hydrogen-bond donors (Lipinski definition) is 0. The lowest BCUT2D eigenvalue weighted by atomic mass is 10.2. The van der Waals surface area contributed by atoms with Gasteiger partial charge in [-0.1, -0.05) is 30.3 Å². The van der Waals surface area contributed by atoms with Crippen LogP contribution in [0.1, 0.15) is 32.8 Å². The van der Waals surface area contributed by atoms with E-state index in [0.717, 1.165) is 5.06 Å². The lowest BCUT2D eigenvalue weighted by molar-refractivity contribution is -0.255. The molecule has 1 aromatic carbocycles. The minimum absolute atomic E-state index is 0.0859. The van der Waals surface area contributed by atoms with Gasteiger partial charge in [0, 0.05) is 7.05 Å². The SMILES string of the molecule is CN(OC(C)(C)C)C(CC(F)(F)F)C(=O)OCc1ccccc1. The van der Waals surface area contributed by atoms with E-state index in [9.17, 15) is 18.0 Å². The molecule has 0 heterocycles. The molecule has 0 fully saturated rings. The van der Waals surface area contributed by atoms with Crippen LogP contribution in [0.4, 0.5) is 13.2 Å². The molecule has 7 heteroatoms. The van der Waals surface area contributed by atoms with Crippen molar-refractivity contribution in [2.75, 3.05) is 7.05 Å². The quantitative estimate of drug-likeness (QED) is 0.588. The highest BCUT2D eigenvalue weighted by molar-refractivity contribution is 5.75. The Hall–Kier alpha value is -1.60. The second kappa shape index (κ2) is 7.79. The molecular weight excluding hydrogens is 311 g/mol. The van der Waals surface area contributed by atoms with Crippen molar-refractivity contribution >= 4 is 5.97 Å². The zero-order chi connectivity index (χ0) is 17.7. The molecule has 4 nitrogen and oxygen atoms in total. The van der Waals surface area contributed by atoms with Gasteiger partial charge in [-0.25, -0.2) is 0 Å². The van der Waals surface area contributed by atoms with E-state index in [-0.39, 0.29) is 6.61 Å². The number of ether oxygens (including phenoxy) is 1. The number of hydrogen-bond acceptors (Lipinski definition) is 4. The normalized spacial score (nSPS) is 13.9. The van der Waals surface area contributed by atoms with Crippen LogP contribution in [0.15, 0.2) is 30.3 Å². The van der Waals surface area contributed by atoms with Gasteiger partial charge in [0.05, 0.1) is 12.0 Å². The number of hydroxylamine groups is 2. The molecule has 0 amide bonds. The number of nitrogens with zero attached hydrogens (tertiary/aromatic N) is 1. The first-order valence-electron chi connectivity index (χ1n) is 7.17. The number of likely N-dealkylation sites (N-methyl/N-ethyl adjacent to an activating group) is 1. The van der Waals surface area contributed by atoms with Gasteiger partial charge in [-0.2, -0.15) is 18.2 Å². The van der Waals surface area contributed by atoms with Gasteiger partial charge in [-0.3, -0.25) is 9.63 Å². The number of alkyl halides is 3. The molecule has 1 aromatic rings. The Morgan fingerprint density at radius 3 is 2.22 bits per heavy atom. The highest BCUT2D eigenvalue weighted by Crippen LogP contribution is 2.26. The van der Waals surface area contributed by atoms with E-state index in [1.165, 1.54) is 7.05 Å². The summed E-state index contributed by atoms with van der Waals surface area (Å²) in [7, 11) is 1.30. The Balaban J connectivity index is 2.75. The van der Waals surface area contributed by atoms with Crippen LogP contribution in [0, 0.1) is 0 Å². The van der Waals surface area contributed by atoms with E-state index in [1.54, 1.807) is 51.1 Å². The fourth-order valence-corrected chi connectivity index (χ4v) is 1.90. The average molecular weight is 333 g/mol. The average Bonchev–Trinajstić information content (AvgIpc) is 2.40. The smallest absolute Gasteiger partial charge is 0.391 e. The Morgan fingerprint density at radius 1 is 1.17 bits per heavy atom. The summed E-state index contributed by atoms with van der Waals surface area (Å²) in [6.45, 7) is 4.97. The maximum Gasteiger partial charge on any atom is 0.391 e. The van der Waals surface area contributed by atoms with Gasteiger partial charge >= 0.3 is 12.1 Å². The predicted octanol–water partition coefficient (Wildman–Crippen LogP) is 3.71. The van der Waals surface area contributed by atoms with Crippen molar-refractivity contribution < 1.29 is 27.5 Å². The third kappa shape index (κ3) is 7.99. The third-order valence-electron chi connectivity index (χ3n) is 2.78. The van der Waals surface area contributed by atoms with E-state index in [1.807, 2.05) is 0 Å². The van der Waals surface area contributed by atoms with E-state index in [0.29, 0.717) is 5.56 Å². The van der Waals surface area contributed by atoms with Gasteiger partial charge in [0.15, 0.2) is 0 Å². The van der Waals surface area contributed by atoms with Gasteiger partial charge in [0.2, 0.25) is 0 Å². The van der Waals surface area contributed by atoms with Gasteiger partial charge < -0.3 is 4.74 Å². The number of carbonyl (C=O) groups is 1. The molecule has 0 saturated carbocycles. The topological polar surface area (TPSA) is 38.8 Å². The second-order valence-corrected chi connectivity index (χ2v) is 6.18. The van der Waals surface area contributed by atoms with Crippen LogP contribution in [0.5, 0.6) is 0 Å². The minimum Gasteiger partial charge on any atom is -0.460 e. The molecule has 130 valence electrons. The standard InChI is InChI=1S/C16H22F3NO3/c1-15(2,3)23-20(4)13(10-16(17,18)19)14(21)22-11-12-8-6-5-7-9-12/h5-9,13H,10-11H2,1-4H3. The molecular formula is C16H22F3NO3. The summed E-state index contributed by atoms with van der Waals surface area (Å²) in [6.07, 6.45) is -5.85. The maximum atomic E-state index is 12.7. The van der Waals surface area contributed by atoms with Crippen LogP contribution in [0.25, 0.3) is 0 Å². The molecule has 0 N–H and O–H groups in total. The summed E-state index contributed by atoms with van der Waals surface area (Å²) in [6, 6.07) is 7.19. The summed E-state index contributed by atoms with van der Waals surface area (Å²) in [5.41, 5.74) is -0.0239. The summed E-state index contributed by atoms with van der Waals surface area (Å²) in [5, 5.41) is 0.917. The number of benzene rings is 1. The van der Waals surface area contributed by atoms with E-state index < -0.39 is 30.2 Å². The molecule has 0 spiro atoms. The van der Waals surface area contributed by atoms with Crippen LogP contribution in [0.3, 0.4) is 0 Å². The van der Waals surface area contributed by atoms with Crippen molar-refractivity contribution in [3.05, 3.63) is 35.9 Å². The molecule has 0 aromatic heterocycles. The highest BCUT2D eigenvalue weighted by atomic mass is 19.4. The summed E-state index contributed by atoms with van der Waals surface area (Å²) in [4.78, 5) is 17.4. The first kappa shape index (κ1) is 19.4. The molecule has 0 saturated heterocycles. The van der Waals surface area contributed by atoms with Crippen LogP contribution < -0.4 is 0 Å². The molecule has 1 atom stereocenters. The van der Waals surface area contributed by atoms with Gasteiger partial charge in [0.25, 0.3) is 0 Å². The van der Waals surface area contributed by atoms with Crippen molar-refractivity contribution in [1.82, 2.24) is 5.06 Å². The second-order valence-electron chi connectivity index (χ2n) is 6.18. The summed E-state index contributed by atoms with van der Waals surface area (Å²) in [5.74, 6) is -0.974. The number of esters is 1. The molecule has 1 rings (SSSR count). The van der Waals surface area contributed by atoms with E-state index >= 15 is 0 Å². The maximum absolute atomic E-state index is 12.7. The summed E-state index contributed by atoms with van der Waals surface area (Å²) >= 11 is 0. The lowest BCUT2D eigenvalue weighted by Crippen LogP contribution is -2.45. The van der Waals surface area contributed by atoms with Crippen molar-refractivity contribution in [2.24, 2.45) is 0 Å². The lowest BCUT2D eigenvalue weighted by Gasteiger charge is -2.32. The van der Waals surface area contributed by atoms with E-state index in [4.69, 9.17) is 9.57 Å². The van der Waals surface area contributed by atoms with Crippen molar-refractivity contribution in [1.29, 1.82) is 0 Å². The summed E-state index contributed by atoms with van der Waals surface area (Å²) < 4.78 is 43.2. The Morgan fingerprint density at radius 2 is 1.74 bits per heavy atom. The van der Waals surface area contributed by atoms with Crippen molar-refractivity contribution in [3.63, 3.8) is 0 Å². The van der Waals surface area contributed by atoms with Crippen LogP contribution in [0.2, 0.25) is 0 Å². The number of halogens is 3. The molecule has 0 bridgehead atoms. The van der Waals surface area contributed by atoms with Gasteiger partial charge in [0.1, 0.15) is 12.6 Å². The van der Waals surface area contributed by atoms with E-state index in [2.05, 4.69) is 0 Å². The molecule has 0 aliphatic heterocycles. The van der Waals surface area contributed by atoms with Crippen molar-refractivity contribution in [3.8, 4) is 0 Å². The Bertz CT molecular complexity index is 498. The molecule has 0 aliphatic carbocycles. The largest absolute Gasteiger partial charge is 0.460 e. The first-order valence-corrected chi connectivity index (χ1v) is 7.17. The third-order valence-corrected chi connectivity index (χ3v) is 2.78. The Labute approximate surface area is 134 Å². The Kier molecular flexibility index (Phi) is 6.58. The fraction of sp³-hybridized carbons (Fsp3) is 0.562. The minimum atomic E-state index is -4.51. The molecule has 0 aliphatic rings. The predicted molar refractivity (Wildman–Crippen MR) is 79.3 cm³/mol. The molecule has 23 heavy (non-hydrogen) atoms. The molecule has 0 radical (unpaired) electrons. The monoisotopic (exact) mass is 333 g/mol. The highest BCUT2D eigenvalue weighted by Gasteiger charge is 2.40. The van der Waals surface area contributed by atoms with Crippen LogP contribution in [-0.4, -0.2) is 35.9 Å². The zero-order valence-electron chi connectivity index (χ0n) is 13.7. The van der Waals surface area contributed by atoms with Crippen LogP contribution >= 0.6 is 0 Å². The van der Waals surface area contributed by atoms with Crippen molar-refractivity contribution in [2.45, 2.75) is 51.6 Å².